The second-order valence-corrected chi connectivity index (χ2v) is 4.36. The van der Waals surface area contributed by atoms with Gasteiger partial charge in [0.05, 0.1) is 12.8 Å². The smallest absolute Gasteiger partial charge is 0.398 e. The molecule has 0 fully saturated rings. The summed E-state index contributed by atoms with van der Waals surface area (Å²) in [4.78, 5) is 19.3. The molecule has 1 heterocycles. The Morgan fingerprint density at radius 1 is 1.35 bits per heavy atom. The minimum Gasteiger partial charge on any atom is -0.463 e. The van der Waals surface area contributed by atoms with Gasteiger partial charge in [-0.2, -0.15) is 0 Å². The van der Waals surface area contributed by atoms with Crippen molar-refractivity contribution in [2.24, 2.45) is 4.99 Å². The molecule has 0 spiro atoms. The first kappa shape index (κ1) is 12.2. The van der Waals surface area contributed by atoms with E-state index in [-0.39, 0.29) is 0 Å². The van der Waals surface area contributed by atoms with E-state index >= 15 is 0 Å². The van der Waals surface area contributed by atoms with Crippen molar-refractivity contribution in [3.8, 4) is 0 Å². The van der Waals surface area contributed by atoms with Crippen LogP contribution < -0.4 is 5.32 Å². The fourth-order valence-electron chi connectivity index (χ4n) is 2.28. The Kier molecular flexibility index (Phi) is 2.84. The number of rotatable bonds is 2. The van der Waals surface area contributed by atoms with Crippen LogP contribution in [0.25, 0.3) is 15.6 Å². The van der Waals surface area contributed by atoms with E-state index in [2.05, 4.69) is 19.9 Å². The van der Waals surface area contributed by atoms with Crippen molar-refractivity contribution in [1.29, 1.82) is 0 Å². The summed E-state index contributed by atoms with van der Waals surface area (Å²) >= 11 is 0. The van der Waals surface area contributed by atoms with Crippen LogP contribution in [0.1, 0.15) is 0 Å². The van der Waals surface area contributed by atoms with Crippen molar-refractivity contribution >= 4 is 34.0 Å². The van der Waals surface area contributed by atoms with E-state index in [9.17, 15) is 4.79 Å². The molecule has 5 nitrogen and oxygen atoms in total. The normalized spacial score (nSPS) is 13.9. The number of hydrogen-bond acceptors (Lipinski definition) is 4. The molecule has 5 heteroatoms. The molecule has 0 radical (unpaired) electrons. The number of methoxy groups -OCH3 is 1. The summed E-state index contributed by atoms with van der Waals surface area (Å²) in [6.45, 7) is 7.16. The van der Waals surface area contributed by atoms with Crippen LogP contribution in [0.4, 0.5) is 11.4 Å². The van der Waals surface area contributed by atoms with Gasteiger partial charge >= 0.3 is 12.0 Å². The lowest BCUT2D eigenvalue weighted by atomic mass is 10.0. The highest BCUT2D eigenvalue weighted by molar-refractivity contribution is 6.20. The van der Waals surface area contributed by atoms with Crippen LogP contribution in [0.2, 0.25) is 0 Å². The van der Waals surface area contributed by atoms with Crippen molar-refractivity contribution in [2.45, 2.75) is 6.04 Å². The van der Waals surface area contributed by atoms with Gasteiger partial charge in [0.15, 0.2) is 0 Å². The number of carbonyl (C=O) groups is 1. The molecule has 1 aliphatic heterocycles. The van der Waals surface area contributed by atoms with E-state index in [0.29, 0.717) is 5.84 Å². The molecule has 1 N–H and O–H groups in total. The number of ether oxygens (including phenoxy) is 1. The first-order chi connectivity index (χ1) is 9.74. The van der Waals surface area contributed by atoms with Crippen LogP contribution in [-0.4, -0.2) is 25.0 Å². The quantitative estimate of drug-likeness (QED) is 0.671. The zero-order valence-electron chi connectivity index (χ0n) is 10.8. The lowest BCUT2D eigenvalue weighted by molar-refractivity contribution is -0.139. The van der Waals surface area contributed by atoms with Gasteiger partial charge < -0.3 is 10.1 Å². The van der Waals surface area contributed by atoms with E-state index in [1.165, 1.54) is 7.11 Å². The number of carbonyl (C=O) groups excluding carboxylic acids is 1. The van der Waals surface area contributed by atoms with E-state index in [1.807, 2.05) is 36.4 Å². The molecule has 1 unspecified atom stereocenters. The molecular formula is C15H11N3O2. The van der Waals surface area contributed by atoms with Crippen LogP contribution in [0, 0.1) is 6.57 Å². The Morgan fingerprint density at radius 2 is 2.10 bits per heavy atom. The SMILES string of the molecule is [C-]#[N+]C(C(=O)OC)C1=Nc2cccc3cccc(c23)N1. The number of amidine groups is 1. The van der Waals surface area contributed by atoms with Gasteiger partial charge in [0, 0.05) is 11.1 Å². The summed E-state index contributed by atoms with van der Waals surface area (Å²) in [5.74, 6) is -0.309. The number of nitrogens with zero attached hydrogens (tertiary/aromatic N) is 2. The summed E-state index contributed by atoms with van der Waals surface area (Å²) in [6.07, 6.45) is 0. The molecular weight excluding hydrogens is 254 g/mol. The summed E-state index contributed by atoms with van der Waals surface area (Å²) in [5, 5.41) is 5.12. The number of aliphatic imine (C=N–C) groups is 1. The van der Waals surface area contributed by atoms with Gasteiger partial charge in [-0.1, -0.05) is 24.3 Å². The first-order valence-corrected chi connectivity index (χ1v) is 6.06. The lowest BCUT2D eigenvalue weighted by Crippen LogP contribution is -2.34. The predicted octanol–water partition coefficient (Wildman–Crippen LogP) is 2.76. The van der Waals surface area contributed by atoms with Crippen LogP contribution in [0.15, 0.2) is 41.4 Å². The third kappa shape index (κ3) is 1.79. The average Bonchev–Trinajstić information content (AvgIpc) is 2.48. The summed E-state index contributed by atoms with van der Waals surface area (Å²) < 4.78 is 4.64. The van der Waals surface area contributed by atoms with Crippen LogP contribution in [-0.2, 0) is 9.53 Å². The van der Waals surface area contributed by atoms with Crippen molar-refractivity contribution < 1.29 is 9.53 Å². The van der Waals surface area contributed by atoms with Crippen molar-refractivity contribution in [3.05, 3.63) is 47.8 Å². The molecule has 3 rings (SSSR count). The van der Waals surface area contributed by atoms with E-state index < -0.39 is 12.0 Å². The summed E-state index contributed by atoms with van der Waals surface area (Å²) in [6, 6.07) is 10.5. The van der Waals surface area contributed by atoms with Gasteiger partial charge in [-0.3, -0.25) is 4.85 Å². The van der Waals surface area contributed by atoms with E-state index in [0.717, 1.165) is 22.1 Å². The van der Waals surface area contributed by atoms with Gasteiger partial charge in [0.2, 0.25) is 5.84 Å². The highest BCUT2D eigenvalue weighted by atomic mass is 16.5. The first-order valence-electron chi connectivity index (χ1n) is 6.06. The van der Waals surface area contributed by atoms with Gasteiger partial charge in [-0.25, -0.2) is 16.4 Å². The predicted molar refractivity (Wildman–Crippen MR) is 77.1 cm³/mol. The van der Waals surface area contributed by atoms with Crippen molar-refractivity contribution in [1.82, 2.24) is 0 Å². The highest BCUT2D eigenvalue weighted by Gasteiger charge is 2.33. The zero-order chi connectivity index (χ0) is 14.1. The fourth-order valence-corrected chi connectivity index (χ4v) is 2.28. The van der Waals surface area contributed by atoms with Gasteiger partial charge in [0.1, 0.15) is 0 Å². The Hall–Kier alpha value is -2.87. The Morgan fingerprint density at radius 3 is 2.80 bits per heavy atom. The molecule has 0 aromatic heterocycles. The largest absolute Gasteiger partial charge is 0.463 e. The maximum absolute atomic E-state index is 11.6. The highest BCUT2D eigenvalue weighted by Crippen LogP contribution is 2.36. The lowest BCUT2D eigenvalue weighted by Gasteiger charge is -2.18. The average molecular weight is 265 g/mol. The molecule has 2 aromatic carbocycles. The number of benzene rings is 2. The van der Waals surface area contributed by atoms with Crippen molar-refractivity contribution in [2.75, 3.05) is 12.4 Å². The van der Waals surface area contributed by atoms with E-state index in [4.69, 9.17) is 6.57 Å². The molecule has 1 aliphatic rings. The topological polar surface area (TPSA) is 55.0 Å². The summed E-state index contributed by atoms with van der Waals surface area (Å²) in [7, 11) is 1.26. The van der Waals surface area contributed by atoms with Crippen LogP contribution >= 0.6 is 0 Å². The number of hydrogen-bond donors (Lipinski definition) is 1. The standard InChI is InChI=1S/C15H11N3O2/c1-16-13(15(19)20-2)14-17-10-7-3-5-9-6-4-8-11(18-14)12(9)10/h3-8,13H,2H3,(H,17,18). The number of esters is 1. The van der Waals surface area contributed by atoms with Gasteiger partial charge in [-0.15, -0.1) is 0 Å². The molecule has 0 bridgehead atoms. The molecule has 2 aromatic rings. The third-order valence-corrected chi connectivity index (χ3v) is 3.20. The van der Waals surface area contributed by atoms with Crippen molar-refractivity contribution in [3.63, 3.8) is 0 Å². The molecule has 20 heavy (non-hydrogen) atoms. The minimum atomic E-state index is -1.07. The minimum absolute atomic E-state index is 0.304. The maximum atomic E-state index is 11.6. The fraction of sp³-hybridized carbons (Fsp3) is 0.133. The monoisotopic (exact) mass is 265 g/mol. The second kappa shape index (κ2) is 4.67. The molecule has 0 amide bonds. The zero-order valence-corrected chi connectivity index (χ0v) is 10.8. The Labute approximate surface area is 115 Å². The van der Waals surface area contributed by atoms with Crippen LogP contribution in [0.5, 0.6) is 0 Å². The second-order valence-electron chi connectivity index (χ2n) is 4.36. The number of anilines is 1. The third-order valence-electron chi connectivity index (χ3n) is 3.20. The summed E-state index contributed by atoms with van der Waals surface area (Å²) in [5.41, 5.74) is 1.60. The molecule has 0 saturated carbocycles. The Bertz CT molecular complexity index is 769. The van der Waals surface area contributed by atoms with Gasteiger partial charge in [0.25, 0.3) is 0 Å². The van der Waals surface area contributed by atoms with Crippen LogP contribution in [0.3, 0.4) is 0 Å². The molecule has 98 valence electrons. The van der Waals surface area contributed by atoms with E-state index in [1.54, 1.807) is 0 Å². The van der Waals surface area contributed by atoms with Gasteiger partial charge in [-0.05, 0) is 17.5 Å². The Balaban J connectivity index is 2.15. The molecule has 1 atom stereocenters. The molecule has 0 aliphatic carbocycles. The maximum Gasteiger partial charge on any atom is 0.398 e. The molecule has 0 saturated heterocycles. The number of nitrogens with one attached hydrogen (secondary N) is 1.